The first-order chi connectivity index (χ1) is 8.17. The van der Waals surface area contributed by atoms with Crippen LogP contribution in [0.3, 0.4) is 0 Å². The molecular weight excluding hydrogens is 220 g/mol. The van der Waals surface area contributed by atoms with Gasteiger partial charge in [-0.3, -0.25) is 4.79 Å². The largest absolute Gasteiger partial charge is 0.396 e. The summed E-state index contributed by atoms with van der Waals surface area (Å²) in [4.78, 5) is 15.7. The summed E-state index contributed by atoms with van der Waals surface area (Å²) in [5.74, 6) is 0.0700. The number of nitrogens with one attached hydrogen (secondary N) is 1. The Hall–Kier alpha value is -1.40. The topological polar surface area (TPSA) is 93.2 Å². The molecule has 96 valence electrons. The molecule has 0 spiro atoms. The number of amides is 1. The zero-order valence-corrected chi connectivity index (χ0v) is 10.1. The maximum Gasteiger partial charge on any atom is 0.271 e. The van der Waals surface area contributed by atoms with E-state index >= 15 is 0 Å². The highest BCUT2D eigenvalue weighted by atomic mass is 16.3. The zero-order chi connectivity index (χ0) is 12.7. The standard InChI is InChI=1S/C11H20N4O2/c1-9(2-5-16)6-13-11(17)10-7-15(4-3-12)8-14-10/h7-9,16H,2-6,12H2,1H3,(H,13,17). The van der Waals surface area contributed by atoms with Crippen LogP contribution in [0.1, 0.15) is 23.8 Å². The summed E-state index contributed by atoms with van der Waals surface area (Å²) in [5.41, 5.74) is 5.80. The van der Waals surface area contributed by atoms with E-state index in [1.807, 2.05) is 6.92 Å². The van der Waals surface area contributed by atoms with Gasteiger partial charge in [0.25, 0.3) is 5.91 Å². The van der Waals surface area contributed by atoms with E-state index in [0.29, 0.717) is 31.7 Å². The van der Waals surface area contributed by atoms with Gasteiger partial charge in [-0.25, -0.2) is 4.98 Å². The van der Waals surface area contributed by atoms with Gasteiger partial charge < -0.3 is 20.7 Å². The fourth-order valence-corrected chi connectivity index (χ4v) is 1.43. The molecule has 1 atom stereocenters. The summed E-state index contributed by atoms with van der Waals surface area (Å²) < 4.78 is 1.78. The third-order valence-corrected chi connectivity index (χ3v) is 2.49. The Labute approximate surface area is 101 Å². The third kappa shape index (κ3) is 4.54. The summed E-state index contributed by atoms with van der Waals surface area (Å²) in [6, 6.07) is 0. The molecular formula is C11H20N4O2. The normalized spacial score (nSPS) is 12.4. The summed E-state index contributed by atoms with van der Waals surface area (Å²) in [6.07, 6.45) is 3.96. The molecule has 1 heterocycles. The third-order valence-electron chi connectivity index (χ3n) is 2.49. The van der Waals surface area contributed by atoms with E-state index < -0.39 is 0 Å². The Balaban J connectivity index is 2.40. The van der Waals surface area contributed by atoms with Gasteiger partial charge in [0.05, 0.1) is 6.33 Å². The lowest BCUT2D eigenvalue weighted by Crippen LogP contribution is -2.28. The van der Waals surface area contributed by atoms with Crippen LogP contribution in [0.5, 0.6) is 0 Å². The number of rotatable bonds is 7. The second-order valence-electron chi connectivity index (χ2n) is 4.11. The highest BCUT2D eigenvalue weighted by molar-refractivity contribution is 5.91. The first-order valence-electron chi connectivity index (χ1n) is 5.78. The molecule has 1 amide bonds. The molecule has 4 N–H and O–H groups in total. The van der Waals surface area contributed by atoms with Crippen LogP contribution in [0.2, 0.25) is 0 Å². The zero-order valence-electron chi connectivity index (χ0n) is 10.1. The molecule has 1 aromatic heterocycles. The molecule has 0 aliphatic rings. The van der Waals surface area contributed by atoms with Gasteiger partial charge in [-0.05, 0) is 12.3 Å². The first-order valence-corrected chi connectivity index (χ1v) is 5.78. The van der Waals surface area contributed by atoms with Crippen molar-refractivity contribution >= 4 is 5.91 Å². The number of nitrogens with zero attached hydrogens (tertiary/aromatic N) is 2. The van der Waals surface area contributed by atoms with Crippen molar-refractivity contribution in [3.05, 3.63) is 18.2 Å². The second kappa shape index (κ2) is 7.03. The van der Waals surface area contributed by atoms with Crippen LogP contribution in [-0.2, 0) is 6.54 Å². The molecule has 0 radical (unpaired) electrons. The van der Waals surface area contributed by atoms with Crippen molar-refractivity contribution in [1.29, 1.82) is 0 Å². The van der Waals surface area contributed by atoms with Crippen molar-refractivity contribution in [2.75, 3.05) is 19.7 Å². The molecule has 0 aromatic carbocycles. The Morgan fingerprint density at radius 3 is 3.12 bits per heavy atom. The lowest BCUT2D eigenvalue weighted by molar-refractivity contribution is 0.0941. The Bertz CT molecular complexity index is 351. The number of aliphatic hydroxyl groups is 1. The summed E-state index contributed by atoms with van der Waals surface area (Å²) in [5, 5.41) is 11.5. The van der Waals surface area contributed by atoms with Crippen molar-refractivity contribution < 1.29 is 9.90 Å². The molecule has 0 aliphatic heterocycles. The number of hydrogen-bond donors (Lipinski definition) is 3. The fraction of sp³-hybridized carbons (Fsp3) is 0.636. The van der Waals surface area contributed by atoms with E-state index in [2.05, 4.69) is 10.3 Å². The minimum Gasteiger partial charge on any atom is -0.396 e. The number of carbonyl (C=O) groups excluding carboxylic acids is 1. The average Bonchev–Trinajstić information content (AvgIpc) is 2.75. The number of hydrogen-bond acceptors (Lipinski definition) is 4. The molecule has 1 unspecified atom stereocenters. The number of imidazole rings is 1. The lowest BCUT2D eigenvalue weighted by Gasteiger charge is -2.09. The van der Waals surface area contributed by atoms with Crippen molar-refractivity contribution in [3.63, 3.8) is 0 Å². The van der Waals surface area contributed by atoms with Crippen molar-refractivity contribution in [3.8, 4) is 0 Å². The van der Waals surface area contributed by atoms with Gasteiger partial charge in [-0.1, -0.05) is 6.92 Å². The smallest absolute Gasteiger partial charge is 0.271 e. The molecule has 0 fully saturated rings. The van der Waals surface area contributed by atoms with Crippen LogP contribution < -0.4 is 11.1 Å². The van der Waals surface area contributed by atoms with Gasteiger partial charge in [0.15, 0.2) is 0 Å². The predicted octanol–water partition coefficient (Wildman–Crippen LogP) is -0.410. The maximum absolute atomic E-state index is 11.7. The first kappa shape index (κ1) is 13.7. The highest BCUT2D eigenvalue weighted by Gasteiger charge is 2.10. The molecule has 0 bridgehead atoms. The van der Waals surface area contributed by atoms with Gasteiger partial charge in [0.1, 0.15) is 5.69 Å². The van der Waals surface area contributed by atoms with Gasteiger partial charge >= 0.3 is 0 Å². The molecule has 6 heteroatoms. The van der Waals surface area contributed by atoms with Crippen LogP contribution in [0.15, 0.2) is 12.5 Å². The second-order valence-corrected chi connectivity index (χ2v) is 4.11. The van der Waals surface area contributed by atoms with E-state index in [-0.39, 0.29) is 18.4 Å². The monoisotopic (exact) mass is 240 g/mol. The Kier molecular flexibility index (Phi) is 5.65. The van der Waals surface area contributed by atoms with Crippen LogP contribution >= 0.6 is 0 Å². The molecule has 0 saturated heterocycles. The quantitative estimate of drug-likeness (QED) is 0.604. The summed E-state index contributed by atoms with van der Waals surface area (Å²) in [6.45, 7) is 3.83. The van der Waals surface area contributed by atoms with E-state index in [4.69, 9.17) is 10.8 Å². The number of nitrogens with two attached hydrogens (primary N) is 1. The van der Waals surface area contributed by atoms with Gasteiger partial charge in [-0.2, -0.15) is 0 Å². The summed E-state index contributed by atoms with van der Waals surface area (Å²) >= 11 is 0. The van der Waals surface area contributed by atoms with Crippen molar-refractivity contribution in [2.45, 2.75) is 19.9 Å². The number of aromatic nitrogens is 2. The average molecular weight is 240 g/mol. The van der Waals surface area contributed by atoms with Crippen LogP contribution in [0, 0.1) is 5.92 Å². The SMILES string of the molecule is CC(CCO)CNC(=O)c1cn(CCN)cn1. The number of aliphatic hydroxyl groups excluding tert-OH is 1. The molecule has 17 heavy (non-hydrogen) atoms. The van der Waals surface area contributed by atoms with Gasteiger partial charge in [0.2, 0.25) is 0 Å². The van der Waals surface area contributed by atoms with Crippen molar-refractivity contribution in [2.24, 2.45) is 11.7 Å². The van der Waals surface area contributed by atoms with Crippen LogP contribution in [0.25, 0.3) is 0 Å². The van der Waals surface area contributed by atoms with E-state index in [9.17, 15) is 4.79 Å². The highest BCUT2D eigenvalue weighted by Crippen LogP contribution is 2.00. The molecule has 0 saturated carbocycles. The minimum atomic E-state index is -0.189. The van der Waals surface area contributed by atoms with Gasteiger partial charge in [-0.15, -0.1) is 0 Å². The summed E-state index contributed by atoms with van der Waals surface area (Å²) in [7, 11) is 0. The Morgan fingerprint density at radius 2 is 2.47 bits per heavy atom. The van der Waals surface area contributed by atoms with Gasteiger partial charge in [0, 0.05) is 32.4 Å². The predicted molar refractivity (Wildman–Crippen MR) is 64.5 cm³/mol. The van der Waals surface area contributed by atoms with Crippen molar-refractivity contribution in [1.82, 2.24) is 14.9 Å². The molecule has 1 rings (SSSR count). The fourth-order valence-electron chi connectivity index (χ4n) is 1.43. The van der Waals surface area contributed by atoms with E-state index in [0.717, 1.165) is 0 Å². The van der Waals surface area contributed by atoms with Crippen LogP contribution in [-0.4, -0.2) is 40.3 Å². The number of carbonyl (C=O) groups is 1. The molecule has 0 aliphatic carbocycles. The van der Waals surface area contributed by atoms with E-state index in [1.54, 1.807) is 17.1 Å². The lowest BCUT2D eigenvalue weighted by atomic mass is 10.1. The minimum absolute atomic E-state index is 0.141. The van der Waals surface area contributed by atoms with Crippen LogP contribution in [0.4, 0.5) is 0 Å². The maximum atomic E-state index is 11.7. The Morgan fingerprint density at radius 1 is 1.71 bits per heavy atom. The van der Waals surface area contributed by atoms with E-state index in [1.165, 1.54) is 0 Å². The molecule has 1 aromatic rings. The molecule has 6 nitrogen and oxygen atoms in total.